The first-order chi connectivity index (χ1) is 12.5. The number of ether oxygens (including phenoxy) is 1. The van der Waals surface area contributed by atoms with Crippen molar-refractivity contribution in [2.75, 3.05) is 13.2 Å². The highest BCUT2D eigenvalue weighted by Crippen LogP contribution is 2.33. The first-order valence-corrected chi connectivity index (χ1v) is 9.24. The van der Waals surface area contributed by atoms with E-state index in [1.165, 1.54) is 23.5 Å². The lowest BCUT2D eigenvalue weighted by Gasteiger charge is -2.35. The van der Waals surface area contributed by atoms with E-state index in [2.05, 4.69) is 10.3 Å². The number of aryl methyl sites for hydroxylation is 1. The fraction of sp³-hybridized carbons (Fsp3) is 0.389. The molecule has 138 valence electrons. The molecule has 0 bridgehead atoms. The zero-order valence-electron chi connectivity index (χ0n) is 14.6. The van der Waals surface area contributed by atoms with Gasteiger partial charge in [-0.15, -0.1) is 11.3 Å². The zero-order valence-corrected chi connectivity index (χ0v) is 15.4. The van der Waals surface area contributed by atoms with Crippen LogP contribution in [0.25, 0.3) is 0 Å². The molecule has 8 heteroatoms. The molecule has 1 saturated heterocycles. The van der Waals surface area contributed by atoms with E-state index < -0.39 is 0 Å². The third-order valence-electron chi connectivity index (χ3n) is 4.16. The third-order valence-corrected chi connectivity index (χ3v) is 5.39. The molecule has 0 aliphatic carbocycles. The molecule has 2 aromatic rings. The Balaban J connectivity index is 1.86. The number of thiazole rings is 1. The molecule has 2 heterocycles. The van der Waals surface area contributed by atoms with Crippen LogP contribution in [0.2, 0.25) is 0 Å². The number of nitrogens with zero attached hydrogens (tertiary/aromatic N) is 2. The number of esters is 1. The summed E-state index contributed by atoms with van der Waals surface area (Å²) in [4.78, 5) is 31.1. The second-order valence-corrected chi connectivity index (χ2v) is 7.01. The molecule has 26 heavy (non-hydrogen) atoms. The van der Waals surface area contributed by atoms with Gasteiger partial charge in [-0.1, -0.05) is 12.1 Å². The number of aromatic nitrogens is 1. The number of carbonyl (C=O) groups is 2. The van der Waals surface area contributed by atoms with E-state index in [9.17, 15) is 14.0 Å². The molecule has 1 N–H and O–H groups in total. The quantitative estimate of drug-likeness (QED) is 0.811. The van der Waals surface area contributed by atoms with Crippen molar-refractivity contribution in [1.82, 2.24) is 15.2 Å². The minimum atomic E-state index is -0.390. The second-order valence-electron chi connectivity index (χ2n) is 5.98. The van der Waals surface area contributed by atoms with Gasteiger partial charge in [-0.2, -0.15) is 0 Å². The van der Waals surface area contributed by atoms with Gasteiger partial charge in [0.15, 0.2) is 0 Å². The first-order valence-electron chi connectivity index (χ1n) is 8.43. The molecule has 2 amide bonds. The van der Waals surface area contributed by atoms with Crippen LogP contribution >= 0.6 is 11.3 Å². The highest BCUT2D eigenvalue weighted by Gasteiger charge is 2.32. The summed E-state index contributed by atoms with van der Waals surface area (Å²) < 4.78 is 18.2. The Labute approximate surface area is 155 Å². The Morgan fingerprint density at radius 3 is 2.85 bits per heavy atom. The fourth-order valence-electron chi connectivity index (χ4n) is 2.89. The van der Waals surface area contributed by atoms with E-state index in [0.717, 1.165) is 5.56 Å². The predicted molar refractivity (Wildman–Crippen MR) is 95.5 cm³/mol. The SMILES string of the molecule is CCOC(=O)c1sc(C2CCNC(=O)N2Cc2ccc(F)cc2)nc1C. The largest absolute Gasteiger partial charge is 0.462 e. The number of benzene rings is 1. The molecule has 1 aliphatic rings. The van der Waals surface area contributed by atoms with Gasteiger partial charge in [-0.3, -0.25) is 0 Å². The van der Waals surface area contributed by atoms with Crippen molar-refractivity contribution in [3.8, 4) is 0 Å². The molecular weight excluding hydrogens is 357 g/mol. The van der Waals surface area contributed by atoms with E-state index in [1.807, 2.05) is 0 Å². The maximum Gasteiger partial charge on any atom is 0.350 e. The zero-order chi connectivity index (χ0) is 18.7. The van der Waals surface area contributed by atoms with Gasteiger partial charge in [0.2, 0.25) is 0 Å². The number of carbonyl (C=O) groups excluding carboxylic acids is 2. The van der Waals surface area contributed by atoms with Gasteiger partial charge in [0.05, 0.1) is 18.3 Å². The molecule has 3 rings (SSSR count). The number of hydrogen-bond acceptors (Lipinski definition) is 5. The lowest BCUT2D eigenvalue weighted by Crippen LogP contribution is -2.47. The van der Waals surface area contributed by atoms with Crippen molar-refractivity contribution < 1.29 is 18.7 Å². The average Bonchev–Trinajstić information content (AvgIpc) is 3.00. The van der Waals surface area contributed by atoms with Gasteiger partial charge in [-0.25, -0.2) is 19.0 Å². The standard InChI is InChI=1S/C18H20FN3O3S/c1-3-25-17(23)15-11(2)21-16(26-15)14-8-9-20-18(24)22(14)10-12-4-6-13(19)7-5-12/h4-7,14H,3,8-10H2,1-2H3,(H,20,24). The van der Waals surface area contributed by atoms with Crippen molar-refractivity contribution in [3.63, 3.8) is 0 Å². The van der Waals surface area contributed by atoms with Crippen LogP contribution in [0.3, 0.4) is 0 Å². The van der Waals surface area contributed by atoms with Crippen molar-refractivity contribution in [1.29, 1.82) is 0 Å². The summed E-state index contributed by atoms with van der Waals surface area (Å²) in [5.74, 6) is -0.706. The minimum absolute atomic E-state index is 0.198. The lowest BCUT2D eigenvalue weighted by atomic mass is 10.1. The molecule has 1 unspecified atom stereocenters. The number of rotatable bonds is 5. The topological polar surface area (TPSA) is 71.5 Å². The van der Waals surface area contributed by atoms with Crippen LogP contribution in [0.4, 0.5) is 9.18 Å². The van der Waals surface area contributed by atoms with Gasteiger partial charge in [0.25, 0.3) is 0 Å². The highest BCUT2D eigenvalue weighted by atomic mass is 32.1. The molecule has 1 aliphatic heterocycles. The summed E-state index contributed by atoms with van der Waals surface area (Å²) >= 11 is 1.27. The molecular formula is C18H20FN3O3S. The maximum atomic E-state index is 13.1. The van der Waals surface area contributed by atoms with Crippen molar-refractivity contribution in [3.05, 3.63) is 51.2 Å². The average molecular weight is 377 g/mol. The van der Waals surface area contributed by atoms with Crippen LogP contribution in [-0.2, 0) is 11.3 Å². The van der Waals surface area contributed by atoms with Gasteiger partial charge >= 0.3 is 12.0 Å². The number of hydrogen-bond donors (Lipinski definition) is 1. The van der Waals surface area contributed by atoms with Crippen molar-refractivity contribution in [2.45, 2.75) is 32.9 Å². The normalized spacial score (nSPS) is 17.1. The van der Waals surface area contributed by atoms with Crippen LogP contribution in [0, 0.1) is 12.7 Å². The van der Waals surface area contributed by atoms with E-state index in [0.29, 0.717) is 41.7 Å². The summed E-state index contributed by atoms with van der Waals surface area (Å²) in [5.41, 5.74) is 1.43. The Morgan fingerprint density at radius 2 is 2.15 bits per heavy atom. The van der Waals surface area contributed by atoms with Crippen molar-refractivity contribution >= 4 is 23.3 Å². The summed E-state index contributed by atoms with van der Waals surface area (Å²) in [5, 5.41) is 3.54. The Morgan fingerprint density at radius 1 is 1.42 bits per heavy atom. The molecule has 6 nitrogen and oxygen atoms in total. The smallest absolute Gasteiger partial charge is 0.350 e. The van der Waals surface area contributed by atoms with Crippen LogP contribution in [0.1, 0.15) is 45.3 Å². The van der Waals surface area contributed by atoms with Crippen LogP contribution in [0.15, 0.2) is 24.3 Å². The Bertz CT molecular complexity index is 807. The fourth-order valence-corrected chi connectivity index (χ4v) is 3.99. The Hall–Kier alpha value is -2.48. The molecule has 0 saturated carbocycles. The summed E-state index contributed by atoms with van der Waals surface area (Å²) in [6.07, 6.45) is 0.683. The van der Waals surface area contributed by atoms with E-state index in [1.54, 1.807) is 30.9 Å². The number of amides is 2. The summed E-state index contributed by atoms with van der Waals surface area (Å²) in [6.45, 7) is 4.69. The molecule has 1 aromatic carbocycles. The number of nitrogens with one attached hydrogen (secondary N) is 1. The van der Waals surface area contributed by atoms with Gasteiger partial charge in [0.1, 0.15) is 15.7 Å². The monoisotopic (exact) mass is 377 g/mol. The number of halogens is 1. The van der Waals surface area contributed by atoms with Gasteiger partial charge in [0, 0.05) is 13.1 Å². The highest BCUT2D eigenvalue weighted by molar-refractivity contribution is 7.13. The number of urea groups is 1. The minimum Gasteiger partial charge on any atom is -0.462 e. The summed E-state index contributed by atoms with van der Waals surface area (Å²) in [7, 11) is 0. The Kier molecular flexibility index (Phi) is 5.51. The molecule has 0 spiro atoms. The van der Waals surface area contributed by atoms with Crippen LogP contribution < -0.4 is 5.32 Å². The van der Waals surface area contributed by atoms with Gasteiger partial charge < -0.3 is 15.0 Å². The first kappa shape index (κ1) is 18.3. The molecule has 1 aromatic heterocycles. The molecule has 1 atom stereocenters. The van der Waals surface area contributed by atoms with Gasteiger partial charge in [-0.05, 0) is 38.0 Å². The third kappa shape index (κ3) is 3.85. The summed E-state index contributed by atoms with van der Waals surface area (Å²) in [6, 6.07) is 5.63. The van der Waals surface area contributed by atoms with E-state index in [-0.39, 0.29) is 23.9 Å². The van der Waals surface area contributed by atoms with E-state index in [4.69, 9.17) is 4.74 Å². The maximum absolute atomic E-state index is 13.1. The second kappa shape index (κ2) is 7.82. The predicted octanol–water partition coefficient (Wildman–Crippen LogP) is 3.42. The van der Waals surface area contributed by atoms with Crippen LogP contribution in [-0.4, -0.2) is 35.0 Å². The van der Waals surface area contributed by atoms with Crippen LogP contribution in [0.5, 0.6) is 0 Å². The molecule has 1 fully saturated rings. The van der Waals surface area contributed by atoms with E-state index >= 15 is 0 Å². The van der Waals surface area contributed by atoms with Crippen molar-refractivity contribution in [2.24, 2.45) is 0 Å². The lowest BCUT2D eigenvalue weighted by molar-refractivity contribution is 0.0531. The molecule has 0 radical (unpaired) electrons.